The van der Waals surface area contributed by atoms with Gasteiger partial charge in [-0.3, -0.25) is 4.79 Å². The molecule has 1 heterocycles. The first-order valence-corrected chi connectivity index (χ1v) is 6.18. The Morgan fingerprint density at radius 1 is 1.26 bits per heavy atom. The van der Waals surface area contributed by atoms with Crippen LogP contribution in [-0.4, -0.2) is 25.2 Å². The van der Waals surface area contributed by atoms with Crippen LogP contribution >= 0.6 is 11.6 Å². The highest BCUT2D eigenvalue weighted by Crippen LogP contribution is 2.31. The van der Waals surface area contributed by atoms with E-state index in [4.69, 9.17) is 11.6 Å². The van der Waals surface area contributed by atoms with Gasteiger partial charge in [-0.15, -0.1) is 0 Å². The van der Waals surface area contributed by atoms with Gasteiger partial charge in [-0.25, -0.2) is 0 Å². The Morgan fingerprint density at radius 2 is 1.89 bits per heavy atom. The number of alkyl halides is 3. The lowest BCUT2D eigenvalue weighted by molar-refractivity contribution is -0.167. The summed E-state index contributed by atoms with van der Waals surface area (Å²) >= 11 is 6.03. The highest BCUT2D eigenvalue weighted by molar-refractivity contribution is 6.33. The quantitative estimate of drug-likeness (QED) is 0.905. The van der Waals surface area contributed by atoms with E-state index in [0.717, 1.165) is 31.6 Å². The molecule has 1 aliphatic rings. The average Bonchev–Trinajstić information content (AvgIpc) is 2.81. The van der Waals surface area contributed by atoms with Gasteiger partial charge in [0.15, 0.2) is 0 Å². The number of halogens is 4. The summed E-state index contributed by atoms with van der Waals surface area (Å²) in [5.41, 5.74) is 0.819. The van der Waals surface area contributed by atoms with E-state index in [0.29, 0.717) is 5.02 Å². The molecule has 1 fully saturated rings. The van der Waals surface area contributed by atoms with Crippen molar-refractivity contribution in [1.82, 2.24) is 0 Å². The Balaban J connectivity index is 2.12. The van der Waals surface area contributed by atoms with Crippen LogP contribution in [0, 0.1) is 0 Å². The minimum absolute atomic E-state index is 0.0373. The van der Waals surface area contributed by atoms with Crippen molar-refractivity contribution in [2.75, 3.05) is 23.3 Å². The highest BCUT2D eigenvalue weighted by atomic mass is 35.5. The molecule has 3 nitrogen and oxygen atoms in total. The van der Waals surface area contributed by atoms with Gasteiger partial charge in [-0.05, 0) is 31.0 Å². The van der Waals surface area contributed by atoms with E-state index in [1.54, 1.807) is 11.4 Å². The normalized spacial score (nSPS) is 15.7. The van der Waals surface area contributed by atoms with Crippen LogP contribution in [-0.2, 0) is 4.79 Å². The van der Waals surface area contributed by atoms with Gasteiger partial charge >= 0.3 is 12.1 Å². The number of nitrogens with one attached hydrogen (secondary N) is 1. The van der Waals surface area contributed by atoms with E-state index in [2.05, 4.69) is 4.90 Å². The maximum atomic E-state index is 12.1. The maximum Gasteiger partial charge on any atom is 0.471 e. The molecule has 1 aliphatic heterocycles. The number of hydrogen-bond acceptors (Lipinski definition) is 2. The first-order chi connectivity index (χ1) is 8.88. The third-order valence-corrected chi connectivity index (χ3v) is 3.21. The minimum atomic E-state index is -4.90. The van der Waals surface area contributed by atoms with Crippen LogP contribution in [0.2, 0.25) is 5.02 Å². The number of benzene rings is 1. The first-order valence-electron chi connectivity index (χ1n) is 5.80. The second-order valence-corrected chi connectivity index (χ2v) is 4.72. The molecule has 1 N–H and O–H groups in total. The number of carbonyl (C=O) groups excluding carboxylic acids is 1. The van der Waals surface area contributed by atoms with Gasteiger partial charge in [0.1, 0.15) is 0 Å². The molecule has 0 atom stereocenters. The first kappa shape index (κ1) is 14.0. The summed E-state index contributed by atoms with van der Waals surface area (Å²) in [7, 11) is 0. The number of nitrogens with zero attached hydrogens (tertiary/aromatic N) is 1. The largest absolute Gasteiger partial charge is 0.471 e. The Morgan fingerprint density at radius 3 is 2.42 bits per heavy atom. The second-order valence-electron chi connectivity index (χ2n) is 4.31. The average molecular weight is 293 g/mol. The summed E-state index contributed by atoms with van der Waals surface area (Å²) in [5, 5.41) is 2.11. The predicted molar refractivity (Wildman–Crippen MR) is 67.6 cm³/mol. The standard InChI is InChI=1S/C12H12ClF3N2O/c13-9-7-8(17-11(19)12(14,15)16)3-4-10(9)18-5-1-2-6-18/h3-4,7H,1-2,5-6H2,(H,17,19). The van der Waals surface area contributed by atoms with Crippen molar-refractivity contribution >= 4 is 28.9 Å². The summed E-state index contributed by atoms with van der Waals surface area (Å²) in [4.78, 5) is 12.9. The lowest BCUT2D eigenvalue weighted by atomic mass is 10.2. The van der Waals surface area contributed by atoms with Crippen LogP contribution in [0.4, 0.5) is 24.5 Å². The Kier molecular flexibility index (Phi) is 3.89. The molecule has 0 bridgehead atoms. The van der Waals surface area contributed by atoms with Crippen molar-refractivity contribution in [3.05, 3.63) is 23.2 Å². The van der Waals surface area contributed by atoms with E-state index in [-0.39, 0.29) is 5.69 Å². The monoisotopic (exact) mass is 292 g/mol. The molecule has 2 rings (SSSR count). The smallest absolute Gasteiger partial charge is 0.370 e. The van der Waals surface area contributed by atoms with E-state index in [1.165, 1.54) is 12.1 Å². The molecule has 0 saturated carbocycles. The lowest BCUT2D eigenvalue weighted by Gasteiger charge is -2.19. The van der Waals surface area contributed by atoms with Crippen molar-refractivity contribution in [3.8, 4) is 0 Å². The van der Waals surface area contributed by atoms with Gasteiger partial charge in [0.2, 0.25) is 0 Å². The van der Waals surface area contributed by atoms with Gasteiger partial charge < -0.3 is 10.2 Å². The van der Waals surface area contributed by atoms with E-state index < -0.39 is 12.1 Å². The highest BCUT2D eigenvalue weighted by Gasteiger charge is 2.38. The van der Waals surface area contributed by atoms with Crippen molar-refractivity contribution in [1.29, 1.82) is 0 Å². The van der Waals surface area contributed by atoms with E-state index in [9.17, 15) is 18.0 Å². The third-order valence-electron chi connectivity index (χ3n) is 2.91. The zero-order chi connectivity index (χ0) is 14.0. The molecule has 0 spiro atoms. The van der Waals surface area contributed by atoms with E-state index >= 15 is 0 Å². The van der Waals surface area contributed by atoms with Gasteiger partial charge in [0.05, 0.1) is 10.7 Å². The molecule has 1 amide bonds. The lowest BCUT2D eigenvalue weighted by Crippen LogP contribution is -2.29. The number of hydrogen-bond donors (Lipinski definition) is 1. The van der Waals surface area contributed by atoms with Crippen LogP contribution in [0.5, 0.6) is 0 Å². The van der Waals surface area contributed by atoms with Crippen molar-refractivity contribution in [2.24, 2.45) is 0 Å². The number of amides is 1. The summed E-state index contributed by atoms with van der Waals surface area (Å²) in [6.07, 6.45) is -2.76. The Labute approximate surface area is 113 Å². The Hall–Kier alpha value is -1.43. The van der Waals surface area contributed by atoms with Crippen LogP contribution in [0.1, 0.15) is 12.8 Å². The molecule has 0 aromatic heterocycles. The van der Waals surface area contributed by atoms with Crippen molar-refractivity contribution < 1.29 is 18.0 Å². The molecule has 0 radical (unpaired) electrons. The summed E-state index contributed by atoms with van der Waals surface area (Å²) in [5.74, 6) is -2.00. The molecule has 0 aliphatic carbocycles. The predicted octanol–water partition coefficient (Wildman–Crippen LogP) is 3.44. The van der Waals surface area contributed by atoms with Crippen molar-refractivity contribution in [3.63, 3.8) is 0 Å². The molecule has 1 saturated heterocycles. The zero-order valence-electron chi connectivity index (χ0n) is 9.93. The summed E-state index contributed by atoms with van der Waals surface area (Å²) in [6.45, 7) is 1.77. The molecular weight excluding hydrogens is 281 g/mol. The van der Waals surface area contributed by atoms with Crippen LogP contribution < -0.4 is 10.2 Å². The third kappa shape index (κ3) is 3.32. The minimum Gasteiger partial charge on any atom is -0.370 e. The topological polar surface area (TPSA) is 32.3 Å². The van der Waals surface area contributed by atoms with Crippen LogP contribution in [0.3, 0.4) is 0 Å². The van der Waals surface area contributed by atoms with Gasteiger partial charge in [0, 0.05) is 18.8 Å². The molecular formula is C12H12ClF3N2O. The number of carbonyl (C=O) groups is 1. The number of anilines is 2. The van der Waals surface area contributed by atoms with Gasteiger partial charge in [-0.1, -0.05) is 11.6 Å². The Bertz CT molecular complexity index is 484. The van der Waals surface area contributed by atoms with Crippen LogP contribution in [0.25, 0.3) is 0 Å². The van der Waals surface area contributed by atoms with Crippen LogP contribution in [0.15, 0.2) is 18.2 Å². The molecule has 1 aromatic rings. The second kappa shape index (κ2) is 5.28. The van der Waals surface area contributed by atoms with E-state index in [1.807, 2.05) is 0 Å². The van der Waals surface area contributed by atoms with Gasteiger partial charge in [0.25, 0.3) is 0 Å². The fraction of sp³-hybridized carbons (Fsp3) is 0.417. The van der Waals surface area contributed by atoms with Gasteiger partial charge in [-0.2, -0.15) is 13.2 Å². The summed E-state index contributed by atoms with van der Waals surface area (Å²) < 4.78 is 36.3. The molecule has 104 valence electrons. The molecule has 0 unspecified atom stereocenters. The van der Waals surface area contributed by atoms with Crippen molar-refractivity contribution in [2.45, 2.75) is 19.0 Å². The summed E-state index contributed by atoms with van der Waals surface area (Å²) in [6, 6.07) is 4.38. The molecule has 19 heavy (non-hydrogen) atoms. The molecule has 1 aromatic carbocycles. The molecule has 7 heteroatoms. The fourth-order valence-corrected chi connectivity index (χ4v) is 2.30. The maximum absolute atomic E-state index is 12.1. The number of rotatable bonds is 2. The SMILES string of the molecule is O=C(Nc1ccc(N2CCCC2)c(Cl)c1)C(F)(F)F. The zero-order valence-corrected chi connectivity index (χ0v) is 10.7. The fourth-order valence-electron chi connectivity index (χ4n) is 2.00.